The van der Waals surface area contributed by atoms with Gasteiger partial charge in [-0.15, -0.1) is 5.10 Å². The van der Waals surface area contributed by atoms with Crippen LogP contribution in [-0.4, -0.2) is 42.4 Å². The summed E-state index contributed by atoms with van der Waals surface area (Å²) in [5.74, 6) is -0.117. The molecule has 1 amide bonds. The summed E-state index contributed by atoms with van der Waals surface area (Å²) in [6, 6.07) is 11.2. The molecule has 0 radical (unpaired) electrons. The fraction of sp³-hybridized carbons (Fsp3) is 0.267. The van der Waals surface area contributed by atoms with Gasteiger partial charge in [-0.05, 0) is 22.1 Å². The van der Waals surface area contributed by atoms with E-state index in [1.807, 2.05) is 42.6 Å². The maximum atomic E-state index is 12.5. The van der Waals surface area contributed by atoms with Gasteiger partial charge in [0.1, 0.15) is 12.4 Å². The Balaban J connectivity index is 1.64. The van der Waals surface area contributed by atoms with Gasteiger partial charge < -0.3 is 5.32 Å². The van der Waals surface area contributed by atoms with Crippen LogP contribution in [0.25, 0.3) is 0 Å². The normalized spacial score (nSPS) is 12.0. The number of rotatable bonds is 7. The molecule has 8 nitrogen and oxygen atoms in total. The minimum atomic E-state index is -0.481. The highest BCUT2D eigenvalue weighted by Crippen LogP contribution is 2.13. The number of carbonyl (C=O) groups is 1. The van der Waals surface area contributed by atoms with Gasteiger partial charge in [0.15, 0.2) is 0 Å². The molecule has 0 fully saturated rings. The summed E-state index contributed by atoms with van der Waals surface area (Å²) < 4.78 is 3.25. The van der Waals surface area contributed by atoms with Crippen molar-refractivity contribution in [3.05, 3.63) is 60.7 Å². The molecule has 1 N–H and O–H groups in total. The molecular weight excluding hydrogens is 294 g/mol. The SMILES string of the molecule is O=C(NCCn1cccn1)[C@H](Cc1ccccc1)n1cnnn1. The lowest BCUT2D eigenvalue weighted by atomic mass is 10.1. The Kier molecular flexibility index (Phi) is 4.72. The molecule has 8 heteroatoms. The van der Waals surface area contributed by atoms with Crippen LogP contribution >= 0.6 is 0 Å². The van der Waals surface area contributed by atoms with Gasteiger partial charge in [0.25, 0.3) is 0 Å². The molecule has 2 heterocycles. The lowest BCUT2D eigenvalue weighted by Gasteiger charge is -2.16. The summed E-state index contributed by atoms with van der Waals surface area (Å²) in [7, 11) is 0. The second kappa shape index (κ2) is 7.30. The highest BCUT2D eigenvalue weighted by atomic mass is 16.2. The van der Waals surface area contributed by atoms with Gasteiger partial charge in [0.2, 0.25) is 5.91 Å². The minimum absolute atomic E-state index is 0.117. The molecule has 0 saturated heterocycles. The molecule has 3 rings (SSSR count). The number of nitrogens with one attached hydrogen (secondary N) is 1. The third kappa shape index (κ3) is 4.00. The lowest BCUT2D eigenvalue weighted by Crippen LogP contribution is -2.36. The Morgan fingerprint density at radius 2 is 2.09 bits per heavy atom. The molecular formula is C15H17N7O. The molecule has 0 aliphatic carbocycles. The number of carbonyl (C=O) groups excluding carboxylic acids is 1. The van der Waals surface area contributed by atoms with Gasteiger partial charge in [-0.1, -0.05) is 30.3 Å². The van der Waals surface area contributed by atoms with Crippen LogP contribution in [0.2, 0.25) is 0 Å². The molecule has 118 valence electrons. The molecule has 23 heavy (non-hydrogen) atoms. The van der Waals surface area contributed by atoms with Crippen molar-refractivity contribution in [3.8, 4) is 0 Å². The van der Waals surface area contributed by atoms with Crippen molar-refractivity contribution >= 4 is 5.91 Å². The van der Waals surface area contributed by atoms with Crippen molar-refractivity contribution in [2.24, 2.45) is 0 Å². The number of amides is 1. The first-order chi connectivity index (χ1) is 11.3. The van der Waals surface area contributed by atoms with Crippen molar-refractivity contribution in [3.63, 3.8) is 0 Å². The first-order valence-electron chi connectivity index (χ1n) is 7.34. The molecule has 3 aromatic rings. The Morgan fingerprint density at radius 1 is 1.22 bits per heavy atom. The van der Waals surface area contributed by atoms with Gasteiger partial charge in [-0.3, -0.25) is 9.48 Å². The van der Waals surface area contributed by atoms with Crippen LogP contribution < -0.4 is 5.32 Å². The summed E-state index contributed by atoms with van der Waals surface area (Å²) in [5.41, 5.74) is 1.05. The van der Waals surface area contributed by atoms with E-state index in [-0.39, 0.29) is 5.91 Å². The van der Waals surface area contributed by atoms with E-state index in [1.165, 1.54) is 11.0 Å². The topological polar surface area (TPSA) is 90.5 Å². The number of aromatic nitrogens is 6. The number of hydrogen-bond acceptors (Lipinski definition) is 5. The molecule has 0 saturated carbocycles. The van der Waals surface area contributed by atoms with Gasteiger partial charge in [0, 0.05) is 25.4 Å². The van der Waals surface area contributed by atoms with Gasteiger partial charge in [-0.2, -0.15) is 5.10 Å². The van der Waals surface area contributed by atoms with Crippen molar-refractivity contribution in [2.45, 2.75) is 19.0 Å². The molecule has 2 aromatic heterocycles. The third-order valence-electron chi connectivity index (χ3n) is 3.46. The monoisotopic (exact) mass is 311 g/mol. The number of hydrogen-bond donors (Lipinski definition) is 1. The maximum absolute atomic E-state index is 12.5. The van der Waals surface area contributed by atoms with E-state index < -0.39 is 6.04 Å². The Hall–Kier alpha value is -3.03. The fourth-order valence-electron chi connectivity index (χ4n) is 2.30. The summed E-state index contributed by atoms with van der Waals surface area (Å²) in [6.07, 6.45) is 5.55. The highest BCUT2D eigenvalue weighted by Gasteiger charge is 2.21. The zero-order chi connectivity index (χ0) is 15.9. The second-order valence-electron chi connectivity index (χ2n) is 5.06. The summed E-state index contributed by atoms with van der Waals surface area (Å²) in [5, 5.41) is 18.1. The molecule has 0 bridgehead atoms. The standard InChI is InChI=1S/C15H17N7O/c23-15(16-8-10-21-9-4-7-18-21)14(22-12-17-19-20-22)11-13-5-2-1-3-6-13/h1-7,9,12,14H,8,10-11H2,(H,16,23)/t14-/m0/s1. The molecule has 0 aliphatic heterocycles. The van der Waals surface area contributed by atoms with E-state index in [9.17, 15) is 4.79 Å². The predicted molar refractivity (Wildman–Crippen MR) is 82.2 cm³/mol. The van der Waals surface area contributed by atoms with Crippen LogP contribution in [0.1, 0.15) is 11.6 Å². The predicted octanol–water partition coefficient (Wildman–Crippen LogP) is 0.470. The maximum Gasteiger partial charge on any atom is 0.245 e. The number of nitrogens with zero attached hydrogens (tertiary/aromatic N) is 6. The zero-order valence-electron chi connectivity index (χ0n) is 12.5. The van der Waals surface area contributed by atoms with E-state index in [0.717, 1.165) is 5.56 Å². The summed E-state index contributed by atoms with van der Waals surface area (Å²) in [6.45, 7) is 1.11. The van der Waals surface area contributed by atoms with Crippen LogP contribution in [0.3, 0.4) is 0 Å². The molecule has 0 unspecified atom stereocenters. The average molecular weight is 311 g/mol. The van der Waals surface area contributed by atoms with Crippen molar-refractivity contribution in [2.75, 3.05) is 6.54 Å². The first-order valence-corrected chi connectivity index (χ1v) is 7.34. The summed E-state index contributed by atoms with van der Waals surface area (Å²) >= 11 is 0. The quantitative estimate of drug-likeness (QED) is 0.685. The third-order valence-corrected chi connectivity index (χ3v) is 3.46. The van der Waals surface area contributed by atoms with E-state index in [0.29, 0.717) is 19.5 Å². The number of tetrazole rings is 1. The van der Waals surface area contributed by atoms with Crippen LogP contribution in [0, 0.1) is 0 Å². The smallest absolute Gasteiger partial charge is 0.245 e. The van der Waals surface area contributed by atoms with E-state index >= 15 is 0 Å². The van der Waals surface area contributed by atoms with E-state index in [2.05, 4.69) is 25.9 Å². The Morgan fingerprint density at radius 3 is 2.78 bits per heavy atom. The van der Waals surface area contributed by atoms with Crippen LogP contribution in [-0.2, 0) is 17.8 Å². The van der Waals surface area contributed by atoms with Crippen molar-refractivity contribution < 1.29 is 4.79 Å². The lowest BCUT2D eigenvalue weighted by molar-refractivity contribution is -0.124. The largest absolute Gasteiger partial charge is 0.352 e. The fourth-order valence-corrected chi connectivity index (χ4v) is 2.30. The average Bonchev–Trinajstić information content (AvgIpc) is 3.27. The van der Waals surface area contributed by atoms with Gasteiger partial charge in [0.05, 0.1) is 6.54 Å². The van der Waals surface area contributed by atoms with Crippen LogP contribution in [0.5, 0.6) is 0 Å². The van der Waals surface area contributed by atoms with Crippen molar-refractivity contribution in [1.82, 2.24) is 35.3 Å². The van der Waals surface area contributed by atoms with E-state index in [4.69, 9.17) is 0 Å². The Labute approximate surface area is 133 Å². The summed E-state index contributed by atoms with van der Waals surface area (Å²) in [4.78, 5) is 12.5. The number of benzene rings is 1. The van der Waals surface area contributed by atoms with Crippen LogP contribution in [0.4, 0.5) is 0 Å². The van der Waals surface area contributed by atoms with Crippen LogP contribution in [0.15, 0.2) is 55.1 Å². The molecule has 0 spiro atoms. The molecule has 1 atom stereocenters. The second-order valence-corrected chi connectivity index (χ2v) is 5.06. The highest BCUT2D eigenvalue weighted by molar-refractivity contribution is 5.80. The minimum Gasteiger partial charge on any atom is -0.352 e. The Bertz CT molecular complexity index is 710. The van der Waals surface area contributed by atoms with Gasteiger partial charge in [-0.25, -0.2) is 4.68 Å². The molecule has 1 aromatic carbocycles. The van der Waals surface area contributed by atoms with Crippen molar-refractivity contribution in [1.29, 1.82) is 0 Å². The van der Waals surface area contributed by atoms with E-state index in [1.54, 1.807) is 10.9 Å². The zero-order valence-corrected chi connectivity index (χ0v) is 12.5. The first kappa shape index (κ1) is 14.9. The van der Waals surface area contributed by atoms with Gasteiger partial charge >= 0.3 is 0 Å². The molecule has 0 aliphatic rings.